The summed E-state index contributed by atoms with van der Waals surface area (Å²) in [6, 6.07) is 7.82. The number of rotatable bonds is 4. The predicted molar refractivity (Wildman–Crippen MR) is 88.1 cm³/mol. The molecule has 0 fully saturated rings. The smallest absolute Gasteiger partial charge is 0.338 e. The summed E-state index contributed by atoms with van der Waals surface area (Å²) in [4.78, 5) is 11.0. The number of aromatic nitrogens is 4. The maximum atomic E-state index is 11.0. The Morgan fingerprint density at radius 1 is 1.33 bits per heavy atom. The summed E-state index contributed by atoms with van der Waals surface area (Å²) in [6.07, 6.45) is 2.73. The van der Waals surface area contributed by atoms with E-state index in [-0.39, 0.29) is 11.6 Å². The van der Waals surface area contributed by atoms with E-state index >= 15 is 0 Å². The highest BCUT2D eigenvalue weighted by Gasteiger charge is 2.18. The molecule has 2 aromatic heterocycles. The number of aromatic carboxylic acids is 1. The van der Waals surface area contributed by atoms with Crippen molar-refractivity contribution in [3.05, 3.63) is 41.9 Å². The second-order valence-corrected chi connectivity index (χ2v) is 6.07. The minimum Gasteiger partial charge on any atom is -0.478 e. The molecule has 7 heteroatoms. The molecule has 0 aliphatic carbocycles. The van der Waals surface area contributed by atoms with Gasteiger partial charge in [0.2, 0.25) is 0 Å². The molecular formula is C17H17N5O2. The number of nitriles is 1. The first kappa shape index (κ1) is 15.7. The molecule has 1 N–H and O–H groups in total. The van der Waals surface area contributed by atoms with E-state index in [4.69, 9.17) is 5.11 Å². The van der Waals surface area contributed by atoms with Gasteiger partial charge >= 0.3 is 5.97 Å². The first-order valence-corrected chi connectivity index (χ1v) is 7.63. The molecule has 0 radical (unpaired) electrons. The molecule has 0 saturated heterocycles. The Labute approximate surface area is 138 Å². The number of fused-ring (bicyclic) bond motifs is 1. The lowest BCUT2D eigenvalue weighted by atomic mass is 10.1. The summed E-state index contributed by atoms with van der Waals surface area (Å²) < 4.78 is 3.35. The lowest BCUT2D eigenvalue weighted by Gasteiger charge is -2.17. The zero-order chi connectivity index (χ0) is 17.4. The molecule has 2 heterocycles. The fraction of sp³-hybridized carbons (Fsp3) is 0.294. The molecule has 24 heavy (non-hydrogen) atoms. The van der Waals surface area contributed by atoms with Crippen LogP contribution in [-0.2, 0) is 0 Å². The number of nitrogens with zero attached hydrogens (tertiary/aromatic N) is 5. The summed E-state index contributed by atoms with van der Waals surface area (Å²) in [5.41, 5.74) is 2.02. The zero-order valence-electron chi connectivity index (χ0n) is 13.6. The van der Waals surface area contributed by atoms with Gasteiger partial charge < -0.3 is 5.11 Å². The number of benzene rings is 1. The van der Waals surface area contributed by atoms with Crippen LogP contribution in [0.2, 0.25) is 0 Å². The number of carbonyl (C=O) groups is 1. The molecule has 3 rings (SSSR count). The molecular weight excluding hydrogens is 306 g/mol. The second-order valence-electron chi connectivity index (χ2n) is 6.07. The van der Waals surface area contributed by atoms with Crippen LogP contribution in [0.5, 0.6) is 0 Å². The minimum absolute atomic E-state index is 0.111. The van der Waals surface area contributed by atoms with E-state index < -0.39 is 5.97 Å². The van der Waals surface area contributed by atoms with Gasteiger partial charge in [-0.1, -0.05) is 13.8 Å². The van der Waals surface area contributed by atoms with Crippen LogP contribution >= 0.6 is 0 Å². The van der Waals surface area contributed by atoms with E-state index in [1.807, 2.05) is 22.9 Å². The monoisotopic (exact) mass is 323 g/mol. The highest BCUT2D eigenvalue weighted by atomic mass is 16.4. The largest absolute Gasteiger partial charge is 0.478 e. The van der Waals surface area contributed by atoms with Crippen LogP contribution in [0.4, 0.5) is 0 Å². The van der Waals surface area contributed by atoms with Gasteiger partial charge in [0.1, 0.15) is 6.07 Å². The van der Waals surface area contributed by atoms with Crippen molar-refractivity contribution in [3.8, 4) is 11.8 Å². The lowest BCUT2D eigenvalue weighted by molar-refractivity contribution is 0.0697. The van der Waals surface area contributed by atoms with Gasteiger partial charge in [0.05, 0.1) is 29.0 Å². The Bertz CT molecular complexity index is 961. The fourth-order valence-corrected chi connectivity index (χ4v) is 2.52. The van der Waals surface area contributed by atoms with Crippen molar-refractivity contribution < 1.29 is 9.90 Å². The quantitative estimate of drug-likeness (QED) is 0.796. The molecule has 1 unspecified atom stereocenters. The van der Waals surface area contributed by atoms with Crippen LogP contribution in [0.3, 0.4) is 0 Å². The molecule has 3 aromatic rings. The van der Waals surface area contributed by atoms with Crippen LogP contribution in [0, 0.1) is 17.2 Å². The van der Waals surface area contributed by atoms with Crippen molar-refractivity contribution >= 4 is 16.9 Å². The van der Waals surface area contributed by atoms with E-state index in [1.165, 1.54) is 17.1 Å². The first-order chi connectivity index (χ1) is 11.4. The molecule has 0 saturated carbocycles. The van der Waals surface area contributed by atoms with Crippen molar-refractivity contribution in [1.82, 2.24) is 19.6 Å². The zero-order valence-corrected chi connectivity index (χ0v) is 13.6. The van der Waals surface area contributed by atoms with Gasteiger partial charge in [-0.25, -0.2) is 9.48 Å². The molecule has 0 aliphatic rings. The maximum Gasteiger partial charge on any atom is 0.338 e. The molecule has 0 bridgehead atoms. The van der Waals surface area contributed by atoms with E-state index in [0.717, 1.165) is 10.9 Å². The Kier molecular flexibility index (Phi) is 3.81. The van der Waals surface area contributed by atoms with E-state index in [9.17, 15) is 10.1 Å². The third-order valence-corrected chi connectivity index (χ3v) is 4.24. The minimum atomic E-state index is -1.03. The molecule has 7 nitrogen and oxygen atoms in total. The van der Waals surface area contributed by atoms with Crippen molar-refractivity contribution in [2.45, 2.75) is 26.8 Å². The standard InChI is InChI=1S/C17H17N5O2/c1-10(2)11(3)22-16-5-4-13(6-14(16)15(7-18)20-22)21-9-12(8-19-21)17(23)24/h4-6,8-11H,1-3H3,(H,23,24). The topological polar surface area (TPSA) is 96.7 Å². The van der Waals surface area contributed by atoms with Gasteiger partial charge in [-0.3, -0.25) is 4.68 Å². The molecule has 1 aromatic carbocycles. The van der Waals surface area contributed by atoms with Crippen LogP contribution in [0.25, 0.3) is 16.6 Å². The van der Waals surface area contributed by atoms with Gasteiger partial charge in [-0.15, -0.1) is 0 Å². The van der Waals surface area contributed by atoms with Crippen LogP contribution in [0.15, 0.2) is 30.6 Å². The maximum absolute atomic E-state index is 11.0. The van der Waals surface area contributed by atoms with E-state index in [1.54, 1.807) is 0 Å². The van der Waals surface area contributed by atoms with Crippen molar-refractivity contribution in [2.24, 2.45) is 5.92 Å². The average molecular weight is 323 g/mol. The van der Waals surface area contributed by atoms with Crippen molar-refractivity contribution in [2.75, 3.05) is 0 Å². The van der Waals surface area contributed by atoms with Crippen molar-refractivity contribution in [1.29, 1.82) is 5.26 Å². The van der Waals surface area contributed by atoms with Crippen LogP contribution in [-0.4, -0.2) is 30.6 Å². The number of carboxylic acids is 1. The average Bonchev–Trinajstić information content (AvgIpc) is 3.18. The molecule has 0 spiro atoms. The normalized spacial score (nSPS) is 12.5. The van der Waals surface area contributed by atoms with Gasteiger partial charge in [0.15, 0.2) is 5.69 Å². The summed E-state index contributed by atoms with van der Waals surface area (Å²) in [6.45, 7) is 6.28. The number of hydrogen-bond donors (Lipinski definition) is 1. The predicted octanol–water partition coefficient (Wildman–Crippen LogP) is 3.01. The Hall–Kier alpha value is -3.14. The lowest BCUT2D eigenvalue weighted by Crippen LogP contribution is -2.12. The highest BCUT2D eigenvalue weighted by molar-refractivity contribution is 5.88. The molecule has 0 amide bonds. The van der Waals surface area contributed by atoms with Gasteiger partial charge in [0.25, 0.3) is 0 Å². The Morgan fingerprint density at radius 2 is 2.08 bits per heavy atom. The molecule has 122 valence electrons. The Balaban J connectivity index is 2.14. The molecule has 0 aliphatic heterocycles. The molecule has 1 atom stereocenters. The number of carboxylic acid groups (broad SMARTS) is 1. The summed E-state index contributed by atoms with van der Waals surface area (Å²) >= 11 is 0. The third-order valence-electron chi connectivity index (χ3n) is 4.24. The SMILES string of the molecule is CC(C)C(C)n1nc(C#N)c2cc(-n3cc(C(=O)O)cn3)ccc21. The van der Waals surface area contributed by atoms with Gasteiger partial charge in [0, 0.05) is 11.6 Å². The highest BCUT2D eigenvalue weighted by Crippen LogP contribution is 2.27. The Morgan fingerprint density at radius 3 is 2.67 bits per heavy atom. The van der Waals surface area contributed by atoms with Crippen LogP contribution < -0.4 is 0 Å². The van der Waals surface area contributed by atoms with Crippen molar-refractivity contribution in [3.63, 3.8) is 0 Å². The first-order valence-electron chi connectivity index (χ1n) is 7.63. The fourth-order valence-electron chi connectivity index (χ4n) is 2.52. The summed E-state index contributed by atoms with van der Waals surface area (Å²) in [5.74, 6) is -0.651. The summed E-state index contributed by atoms with van der Waals surface area (Å²) in [5, 5.41) is 27.6. The second kappa shape index (κ2) is 5.81. The van der Waals surface area contributed by atoms with E-state index in [2.05, 4.69) is 37.0 Å². The number of hydrogen-bond acceptors (Lipinski definition) is 4. The van der Waals surface area contributed by atoms with E-state index in [0.29, 0.717) is 17.3 Å². The van der Waals surface area contributed by atoms with Crippen LogP contribution in [0.1, 0.15) is 42.9 Å². The van der Waals surface area contributed by atoms with Gasteiger partial charge in [-0.2, -0.15) is 15.5 Å². The summed E-state index contributed by atoms with van der Waals surface area (Å²) in [7, 11) is 0. The third kappa shape index (κ3) is 2.52. The van der Waals surface area contributed by atoms with Gasteiger partial charge in [-0.05, 0) is 31.0 Å².